The van der Waals surface area contributed by atoms with Crippen LogP contribution in [0.5, 0.6) is 0 Å². The molecular formula is C17H24. The van der Waals surface area contributed by atoms with Crippen molar-refractivity contribution in [2.45, 2.75) is 53.4 Å². The quantitative estimate of drug-likeness (QED) is 0.639. The Labute approximate surface area is 106 Å². The van der Waals surface area contributed by atoms with Crippen LogP contribution in [0.15, 0.2) is 18.2 Å². The molecule has 0 radical (unpaired) electrons. The van der Waals surface area contributed by atoms with E-state index in [2.05, 4.69) is 51.8 Å². The van der Waals surface area contributed by atoms with Crippen LogP contribution in [-0.2, 0) is 6.42 Å². The highest BCUT2D eigenvalue weighted by atomic mass is 14.2. The van der Waals surface area contributed by atoms with Gasteiger partial charge in [0.2, 0.25) is 0 Å². The fourth-order valence-electron chi connectivity index (χ4n) is 2.08. The molecule has 1 aromatic rings. The number of hydrogen-bond donors (Lipinski definition) is 0. The minimum atomic E-state index is 0.455. The van der Waals surface area contributed by atoms with Crippen LogP contribution in [0.4, 0.5) is 0 Å². The second kappa shape index (κ2) is 5.92. The molecule has 0 aliphatic heterocycles. The van der Waals surface area contributed by atoms with E-state index in [0.29, 0.717) is 5.41 Å². The summed E-state index contributed by atoms with van der Waals surface area (Å²) >= 11 is 0. The van der Waals surface area contributed by atoms with Gasteiger partial charge in [0.25, 0.3) is 0 Å². The van der Waals surface area contributed by atoms with Crippen molar-refractivity contribution in [2.75, 3.05) is 0 Å². The summed E-state index contributed by atoms with van der Waals surface area (Å²) in [6, 6.07) is 6.46. The first kappa shape index (κ1) is 13.8. The van der Waals surface area contributed by atoms with Gasteiger partial charge in [-0.1, -0.05) is 51.7 Å². The maximum absolute atomic E-state index is 5.57. The second-order valence-electron chi connectivity index (χ2n) is 5.32. The summed E-state index contributed by atoms with van der Waals surface area (Å²) in [5, 5.41) is 0. The van der Waals surface area contributed by atoms with Crippen LogP contribution in [0.2, 0.25) is 0 Å². The summed E-state index contributed by atoms with van der Waals surface area (Å²) in [6.45, 7) is 9.02. The van der Waals surface area contributed by atoms with Gasteiger partial charge in [0, 0.05) is 5.56 Å². The zero-order valence-corrected chi connectivity index (χ0v) is 11.6. The lowest BCUT2D eigenvalue weighted by atomic mass is 9.79. The Kier molecular flexibility index (Phi) is 4.82. The molecule has 0 spiro atoms. The maximum Gasteiger partial charge on any atom is 0.0277 e. The van der Waals surface area contributed by atoms with E-state index in [0.717, 1.165) is 12.0 Å². The van der Waals surface area contributed by atoms with Gasteiger partial charge in [-0.3, -0.25) is 0 Å². The molecule has 1 rings (SSSR count). The number of terminal acetylenes is 1. The SMILES string of the molecule is C#Cc1cc(C)ccc1CCC(C)(CC)CC. The van der Waals surface area contributed by atoms with Crippen LogP contribution in [0.25, 0.3) is 0 Å². The molecule has 0 aromatic heterocycles. The van der Waals surface area contributed by atoms with Crippen molar-refractivity contribution in [1.82, 2.24) is 0 Å². The molecule has 0 saturated carbocycles. The third-order valence-corrected chi connectivity index (χ3v) is 4.13. The van der Waals surface area contributed by atoms with Gasteiger partial charge in [0.15, 0.2) is 0 Å². The molecular weight excluding hydrogens is 204 g/mol. The van der Waals surface area contributed by atoms with Crippen molar-refractivity contribution in [2.24, 2.45) is 5.41 Å². The van der Waals surface area contributed by atoms with E-state index in [1.807, 2.05) is 0 Å². The Hall–Kier alpha value is -1.22. The molecule has 0 fully saturated rings. The molecule has 17 heavy (non-hydrogen) atoms. The predicted molar refractivity (Wildman–Crippen MR) is 76.1 cm³/mol. The Morgan fingerprint density at radius 1 is 1.24 bits per heavy atom. The smallest absolute Gasteiger partial charge is 0.0277 e. The average Bonchev–Trinajstić information content (AvgIpc) is 2.36. The van der Waals surface area contributed by atoms with Crippen molar-refractivity contribution >= 4 is 0 Å². The van der Waals surface area contributed by atoms with Gasteiger partial charge in [-0.05, 0) is 42.4 Å². The summed E-state index contributed by atoms with van der Waals surface area (Å²) in [5.41, 5.74) is 4.10. The molecule has 0 amide bonds. The Bertz CT molecular complexity index is 403. The van der Waals surface area contributed by atoms with Crippen molar-refractivity contribution < 1.29 is 0 Å². The number of benzene rings is 1. The van der Waals surface area contributed by atoms with E-state index < -0.39 is 0 Å². The Morgan fingerprint density at radius 2 is 1.88 bits per heavy atom. The third-order valence-electron chi connectivity index (χ3n) is 4.13. The first-order chi connectivity index (χ1) is 8.04. The number of rotatable bonds is 5. The van der Waals surface area contributed by atoms with Gasteiger partial charge >= 0.3 is 0 Å². The van der Waals surface area contributed by atoms with Gasteiger partial charge in [0.1, 0.15) is 0 Å². The molecule has 0 nitrogen and oxygen atoms in total. The highest BCUT2D eigenvalue weighted by molar-refractivity contribution is 5.42. The van der Waals surface area contributed by atoms with Gasteiger partial charge in [-0.25, -0.2) is 0 Å². The zero-order chi connectivity index (χ0) is 12.9. The lowest BCUT2D eigenvalue weighted by Gasteiger charge is -2.26. The normalized spacial score (nSPS) is 11.2. The summed E-state index contributed by atoms with van der Waals surface area (Å²) < 4.78 is 0. The molecule has 0 heteroatoms. The minimum absolute atomic E-state index is 0.455. The monoisotopic (exact) mass is 228 g/mol. The van der Waals surface area contributed by atoms with Crippen molar-refractivity contribution in [3.05, 3.63) is 34.9 Å². The lowest BCUT2D eigenvalue weighted by Crippen LogP contribution is -2.15. The Morgan fingerprint density at radius 3 is 2.41 bits per heavy atom. The van der Waals surface area contributed by atoms with Crippen molar-refractivity contribution in [1.29, 1.82) is 0 Å². The molecule has 1 aromatic carbocycles. The Balaban J connectivity index is 2.80. The fourth-order valence-corrected chi connectivity index (χ4v) is 2.08. The van der Waals surface area contributed by atoms with Crippen LogP contribution in [0, 0.1) is 24.7 Å². The first-order valence-electron chi connectivity index (χ1n) is 6.61. The van der Waals surface area contributed by atoms with Crippen LogP contribution in [-0.4, -0.2) is 0 Å². The first-order valence-corrected chi connectivity index (χ1v) is 6.61. The predicted octanol–water partition coefficient (Wildman–Crippen LogP) is 4.74. The van der Waals surface area contributed by atoms with Crippen molar-refractivity contribution in [3.63, 3.8) is 0 Å². The highest BCUT2D eigenvalue weighted by Gasteiger charge is 2.19. The largest absolute Gasteiger partial charge is 0.115 e. The van der Waals surface area contributed by atoms with E-state index in [9.17, 15) is 0 Å². The van der Waals surface area contributed by atoms with Gasteiger partial charge in [-0.15, -0.1) is 6.42 Å². The maximum atomic E-state index is 5.57. The summed E-state index contributed by atoms with van der Waals surface area (Å²) in [5.74, 6) is 2.81. The molecule has 0 N–H and O–H groups in total. The molecule has 0 bridgehead atoms. The molecule has 0 heterocycles. The van der Waals surface area contributed by atoms with Crippen LogP contribution in [0.1, 0.15) is 56.7 Å². The van der Waals surface area contributed by atoms with E-state index in [1.165, 1.54) is 30.4 Å². The van der Waals surface area contributed by atoms with Gasteiger partial charge in [0.05, 0.1) is 0 Å². The highest BCUT2D eigenvalue weighted by Crippen LogP contribution is 2.31. The fraction of sp³-hybridized carbons (Fsp3) is 0.529. The lowest BCUT2D eigenvalue weighted by molar-refractivity contribution is 0.273. The summed E-state index contributed by atoms with van der Waals surface area (Å²) in [6.07, 6.45) is 10.4. The zero-order valence-electron chi connectivity index (χ0n) is 11.6. The minimum Gasteiger partial charge on any atom is -0.115 e. The standard InChI is InChI=1S/C17H24/c1-6-15-13-14(4)9-10-16(15)11-12-17(5,7-2)8-3/h1,9-10,13H,7-8,11-12H2,2-5H3. The van der Waals surface area contributed by atoms with Crippen LogP contribution >= 0.6 is 0 Å². The van der Waals surface area contributed by atoms with E-state index in [1.54, 1.807) is 0 Å². The van der Waals surface area contributed by atoms with E-state index in [-0.39, 0.29) is 0 Å². The van der Waals surface area contributed by atoms with E-state index in [4.69, 9.17) is 6.42 Å². The summed E-state index contributed by atoms with van der Waals surface area (Å²) in [4.78, 5) is 0. The number of aryl methyl sites for hydroxylation is 2. The summed E-state index contributed by atoms with van der Waals surface area (Å²) in [7, 11) is 0. The van der Waals surface area contributed by atoms with Gasteiger partial charge in [-0.2, -0.15) is 0 Å². The van der Waals surface area contributed by atoms with Crippen LogP contribution < -0.4 is 0 Å². The molecule has 92 valence electrons. The van der Waals surface area contributed by atoms with E-state index >= 15 is 0 Å². The molecule has 0 atom stereocenters. The molecule has 0 aliphatic carbocycles. The average molecular weight is 228 g/mol. The van der Waals surface area contributed by atoms with Crippen molar-refractivity contribution in [3.8, 4) is 12.3 Å². The third kappa shape index (κ3) is 3.63. The van der Waals surface area contributed by atoms with Crippen LogP contribution in [0.3, 0.4) is 0 Å². The molecule has 0 aliphatic rings. The topological polar surface area (TPSA) is 0 Å². The number of hydrogen-bond acceptors (Lipinski definition) is 0. The molecule has 0 saturated heterocycles. The molecule has 0 unspecified atom stereocenters. The second-order valence-corrected chi connectivity index (χ2v) is 5.32. The van der Waals surface area contributed by atoms with Gasteiger partial charge < -0.3 is 0 Å².